The standard InChI is InChI=1S/C16H26N2O5S/c19-15(9-12-3-1-2-4-12)18-8-7-17(6-5-16(20)21)13-10-24(22,23)11-14(13)18/h12-14H,1-11H2,(H,20,21)/t13-,14+/m0/s1. The smallest absolute Gasteiger partial charge is 0.304 e. The van der Waals surface area contributed by atoms with Crippen molar-refractivity contribution in [2.45, 2.75) is 50.6 Å². The summed E-state index contributed by atoms with van der Waals surface area (Å²) in [5, 5.41) is 8.88. The maximum atomic E-state index is 12.7. The lowest BCUT2D eigenvalue weighted by Crippen LogP contribution is -2.60. The number of carbonyl (C=O) groups excluding carboxylic acids is 1. The summed E-state index contributed by atoms with van der Waals surface area (Å²) in [6.07, 6.45) is 5.08. The van der Waals surface area contributed by atoms with E-state index in [0.29, 0.717) is 32.0 Å². The second-order valence-corrected chi connectivity index (χ2v) is 9.49. The van der Waals surface area contributed by atoms with Crippen LogP contribution in [0.1, 0.15) is 38.5 Å². The van der Waals surface area contributed by atoms with Crippen LogP contribution in [0.15, 0.2) is 0 Å². The molecule has 136 valence electrons. The summed E-state index contributed by atoms with van der Waals surface area (Å²) in [5.41, 5.74) is 0. The normalized spacial score (nSPS) is 30.4. The highest BCUT2D eigenvalue weighted by Gasteiger charge is 2.47. The van der Waals surface area contributed by atoms with Crippen LogP contribution in [0.3, 0.4) is 0 Å². The second-order valence-electron chi connectivity index (χ2n) is 7.33. The molecule has 1 aliphatic carbocycles. The number of fused-ring (bicyclic) bond motifs is 1. The summed E-state index contributed by atoms with van der Waals surface area (Å²) in [6.45, 7) is 1.40. The van der Waals surface area contributed by atoms with Crippen molar-refractivity contribution in [1.29, 1.82) is 0 Å². The number of nitrogens with zero attached hydrogens (tertiary/aromatic N) is 2. The molecule has 1 N–H and O–H groups in total. The third-order valence-corrected chi connectivity index (χ3v) is 7.36. The van der Waals surface area contributed by atoms with Crippen molar-refractivity contribution < 1.29 is 23.1 Å². The molecular formula is C16H26N2O5S. The fourth-order valence-electron chi connectivity index (χ4n) is 4.43. The van der Waals surface area contributed by atoms with Crippen LogP contribution in [0.5, 0.6) is 0 Å². The lowest BCUT2D eigenvalue weighted by atomic mass is 9.99. The van der Waals surface area contributed by atoms with E-state index in [1.807, 2.05) is 4.90 Å². The molecular weight excluding hydrogens is 332 g/mol. The minimum absolute atomic E-state index is 0.000706. The molecule has 2 heterocycles. The molecule has 1 saturated carbocycles. The van der Waals surface area contributed by atoms with E-state index in [9.17, 15) is 18.0 Å². The van der Waals surface area contributed by atoms with Crippen LogP contribution >= 0.6 is 0 Å². The topological polar surface area (TPSA) is 95.0 Å². The molecule has 1 amide bonds. The number of amides is 1. The number of carboxylic acids is 1. The first-order chi connectivity index (χ1) is 11.4. The molecule has 7 nitrogen and oxygen atoms in total. The summed E-state index contributed by atoms with van der Waals surface area (Å²) in [7, 11) is -3.18. The number of sulfone groups is 1. The van der Waals surface area contributed by atoms with Gasteiger partial charge in [0.1, 0.15) is 0 Å². The highest BCUT2D eigenvalue weighted by molar-refractivity contribution is 7.91. The zero-order chi connectivity index (χ0) is 17.3. The molecule has 0 unspecified atom stereocenters. The van der Waals surface area contributed by atoms with Crippen LogP contribution < -0.4 is 0 Å². The molecule has 0 spiro atoms. The molecule has 2 atom stereocenters. The first-order valence-corrected chi connectivity index (χ1v) is 10.6. The van der Waals surface area contributed by atoms with Gasteiger partial charge in [0.2, 0.25) is 5.91 Å². The van der Waals surface area contributed by atoms with Crippen LogP contribution in [-0.4, -0.2) is 78.4 Å². The minimum atomic E-state index is -3.18. The Morgan fingerprint density at radius 2 is 1.71 bits per heavy atom. The Labute approximate surface area is 142 Å². The average molecular weight is 358 g/mol. The quantitative estimate of drug-likeness (QED) is 0.762. The van der Waals surface area contributed by atoms with Crippen molar-refractivity contribution >= 4 is 21.7 Å². The van der Waals surface area contributed by atoms with Gasteiger partial charge < -0.3 is 10.0 Å². The second kappa shape index (κ2) is 7.00. The first-order valence-electron chi connectivity index (χ1n) is 8.81. The molecule has 0 bridgehead atoms. The molecule has 0 radical (unpaired) electrons. The van der Waals surface area contributed by atoms with E-state index in [2.05, 4.69) is 0 Å². The molecule has 3 fully saturated rings. The number of carbonyl (C=O) groups is 2. The number of rotatable bonds is 5. The summed E-state index contributed by atoms with van der Waals surface area (Å²) in [5.74, 6) is -0.319. The molecule has 0 aromatic heterocycles. The van der Waals surface area contributed by atoms with Crippen LogP contribution in [0, 0.1) is 5.92 Å². The molecule has 2 aliphatic heterocycles. The van der Waals surface area contributed by atoms with Gasteiger partial charge in [0.05, 0.1) is 24.0 Å². The molecule has 3 rings (SSSR count). The van der Waals surface area contributed by atoms with Gasteiger partial charge in [0, 0.05) is 32.1 Å². The van der Waals surface area contributed by atoms with Crippen molar-refractivity contribution in [3.05, 3.63) is 0 Å². The molecule has 0 aromatic rings. The summed E-state index contributed by atoms with van der Waals surface area (Å²) >= 11 is 0. The number of hydrogen-bond donors (Lipinski definition) is 1. The van der Waals surface area contributed by atoms with Gasteiger partial charge in [-0.15, -0.1) is 0 Å². The Balaban J connectivity index is 1.69. The van der Waals surface area contributed by atoms with Crippen molar-refractivity contribution in [3.63, 3.8) is 0 Å². The Kier molecular flexibility index (Phi) is 5.15. The molecule has 0 aromatic carbocycles. The molecule has 24 heavy (non-hydrogen) atoms. The zero-order valence-electron chi connectivity index (χ0n) is 13.9. The highest BCUT2D eigenvalue weighted by Crippen LogP contribution is 2.31. The maximum Gasteiger partial charge on any atom is 0.304 e. The van der Waals surface area contributed by atoms with E-state index in [1.54, 1.807) is 4.90 Å². The minimum Gasteiger partial charge on any atom is -0.481 e. The van der Waals surface area contributed by atoms with E-state index in [1.165, 1.54) is 12.8 Å². The van der Waals surface area contributed by atoms with Gasteiger partial charge in [-0.25, -0.2) is 8.42 Å². The Morgan fingerprint density at radius 3 is 2.38 bits per heavy atom. The highest BCUT2D eigenvalue weighted by atomic mass is 32.2. The van der Waals surface area contributed by atoms with Crippen LogP contribution in [-0.2, 0) is 19.4 Å². The van der Waals surface area contributed by atoms with Gasteiger partial charge >= 0.3 is 5.97 Å². The third kappa shape index (κ3) is 3.91. The lowest BCUT2D eigenvalue weighted by molar-refractivity contribution is -0.141. The van der Waals surface area contributed by atoms with Crippen molar-refractivity contribution in [2.24, 2.45) is 5.92 Å². The summed E-state index contributed by atoms with van der Waals surface area (Å²) < 4.78 is 24.2. The van der Waals surface area contributed by atoms with Gasteiger partial charge in [-0.05, 0) is 18.8 Å². The van der Waals surface area contributed by atoms with Crippen molar-refractivity contribution in [3.8, 4) is 0 Å². The van der Waals surface area contributed by atoms with E-state index in [4.69, 9.17) is 5.11 Å². The average Bonchev–Trinajstić information content (AvgIpc) is 3.10. The number of piperazine rings is 1. The third-order valence-electron chi connectivity index (χ3n) is 5.66. The maximum absolute atomic E-state index is 12.7. The number of aliphatic carboxylic acids is 1. The van der Waals surface area contributed by atoms with Crippen LogP contribution in [0.25, 0.3) is 0 Å². The van der Waals surface area contributed by atoms with Crippen LogP contribution in [0.4, 0.5) is 0 Å². The van der Waals surface area contributed by atoms with Gasteiger partial charge in [-0.1, -0.05) is 12.8 Å². The summed E-state index contributed by atoms with van der Waals surface area (Å²) in [6, 6.07) is -0.568. The van der Waals surface area contributed by atoms with E-state index in [0.717, 1.165) is 12.8 Å². The van der Waals surface area contributed by atoms with Crippen molar-refractivity contribution in [1.82, 2.24) is 9.80 Å². The SMILES string of the molecule is O=C(O)CCN1CCN(C(=O)CC2CCCC2)[C@@H]2CS(=O)(=O)C[C@@H]21. The van der Waals surface area contributed by atoms with Gasteiger partial charge in [0.25, 0.3) is 0 Å². The van der Waals surface area contributed by atoms with E-state index in [-0.39, 0.29) is 35.9 Å². The van der Waals surface area contributed by atoms with Gasteiger partial charge in [-0.3, -0.25) is 14.5 Å². The molecule has 8 heteroatoms. The lowest BCUT2D eigenvalue weighted by Gasteiger charge is -2.44. The first kappa shape index (κ1) is 17.7. The van der Waals surface area contributed by atoms with Gasteiger partial charge in [0.15, 0.2) is 9.84 Å². The van der Waals surface area contributed by atoms with Crippen molar-refractivity contribution in [2.75, 3.05) is 31.1 Å². The zero-order valence-corrected chi connectivity index (χ0v) is 14.7. The number of hydrogen-bond acceptors (Lipinski definition) is 5. The molecule has 3 aliphatic rings. The Morgan fingerprint density at radius 1 is 1.04 bits per heavy atom. The fraction of sp³-hybridized carbons (Fsp3) is 0.875. The predicted octanol–water partition coefficient (Wildman–Crippen LogP) is 0.351. The summed E-state index contributed by atoms with van der Waals surface area (Å²) in [4.78, 5) is 27.2. The van der Waals surface area contributed by atoms with E-state index >= 15 is 0 Å². The Bertz CT molecular complexity index is 600. The predicted molar refractivity (Wildman–Crippen MR) is 88.3 cm³/mol. The molecule has 2 saturated heterocycles. The number of carboxylic acid groups (broad SMARTS) is 1. The Hall–Kier alpha value is -1.15. The van der Waals surface area contributed by atoms with E-state index < -0.39 is 15.8 Å². The van der Waals surface area contributed by atoms with Crippen LogP contribution in [0.2, 0.25) is 0 Å². The van der Waals surface area contributed by atoms with Gasteiger partial charge in [-0.2, -0.15) is 0 Å². The fourth-order valence-corrected chi connectivity index (χ4v) is 6.44. The largest absolute Gasteiger partial charge is 0.481 e. The monoisotopic (exact) mass is 358 g/mol.